The van der Waals surface area contributed by atoms with Crippen molar-refractivity contribution in [3.05, 3.63) is 24.0 Å². The molecule has 0 radical (unpaired) electrons. The van der Waals surface area contributed by atoms with E-state index in [1.807, 2.05) is 12.1 Å². The summed E-state index contributed by atoms with van der Waals surface area (Å²) in [5.41, 5.74) is 0.634. The minimum absolute atomic E-state index is 0.0527. The summed E-state index contributed by atoms with van der Waals surface area (Å²) in [6.07, 6.45) is 5.51. The van der Waals surface area contributed by atoms with Gasteiger partial charge in [0.15, 0.2) is 0 Å². The van der Waals surface area contributed by atoms with Crippen molar-refractivity contribution in [3.63, 3.8) is 0 Å². The highest BCUT2D eigenvalue weighted by Gasteiger charge is 2.20. The van der Waals surface area contributed by atoms with Gasteiger partial charge in [0.25, 0.3) is 0 Å². The number of ether oxygens (including phenoxy) is 1. The van der Waals surface area contributed by atoms with Crippen molar-refractivity contribution in [1.82, 2.24) is 4.98 Å². The topological polar surface area (TPSA) is 42.4 Å². The van der Waals surface area contributed by atoms with Crippen LogP contribution in [0.3, 0.4) is 0 Å². The molecule has 0 spiro atoms. The van der Waals surface area contributed by atoms with Crippen molar-refractivity contribution in [2.45, 2.75) is 32.0 Å². The molecule has 0 saturated heterocycles. The summed E-state index contributed by atoms with van der Waals surface area (Å²) in [5, 5.41) is 8.98. The number of aliphatic hydroxyl groups excluding tert-OH is 1. The molecule has 3 heteroatoms. The predicted octanol–water partition coefficient (Wildman–Crippen LogP) is 1.51. The second kappa shape index (κ2) is 3.75. The molecule has 1 N–H and O–H groups in total. The van der Waals surface area contributed by atoms with Crippen LogP contribution in [0.4, 0.5) is 0 Å². The Morgan fingerprint density at radius 2 is 2.38 bits per heavy atom. The van der Waals surface area contributed by atoms with Crippen molar-refractivity contribution in [1.29, 1.82) is 0 Å². The quantitative estimate of drug-likeness (QED) is 0.764. The monoisotopic (exact) mass is 179 g/mol. The number of aliphatic hydroxyl groups is 1. The van der Waals surface area contributed by atoms with Gasteiger partial charge in [-0.1, -0.05) is 0 Å². The van der Waals surface area contributed by atoms with Crippen LogP contribution in [0.1, 0.15) is 25.0 Å². The number of nitrogens with zero attached hydrogens (tertiary/aromatic N) is 1. The van der Waals surface area contributed by atoms with E-state index < -0.39 is 0 Å². The van der Waals surface area contributed by atoms with Crippen molar-refractivity contribution < 1.29 is 9.84 Å². The molecule has 1 aromatic rings. The van der Waals surface area contributed by atoms with Gasteiger partial charge in [0.05, 0.1) is 12.7 Å². The number of rotatable bonds is 3. The van der Waals surface area contributed by atoms with Gasteiger partial charge in [-0.15, -0.1) is 0 Å². The molecule has 1 heterocycles. The molecule has 13 heavy (non-hydrogen) atoms. The summed E-state index contributed by atoms with van der Waals surface area (Å²) in [6.45, 7) is -0.0527. The Morgan fingerprint density at radius 3 is 3.00 bits per heavy atom. The molecule has 3 nitrogen and oxygen atoms in total. The van der Waals surface area contributed by atoms with Crippen LogP contribution in [0.15, 0.2) is 18.3 Å². The van der Waals surface area contributed by atoms with Gasteiger partial charge in [-0.3, -0.25) is 4.98 Å². The van der Waals surface area contributed by atoms with Crippen LogP contribution in [0.5, 0.6) is 5.75 Å². The maximum atomic E-state index is 8.98. The molecule has 0 amide bonds. The Kier molecular flexibility index (Phi) is 2.45. The Balaban J connectivity index is 2.08. The standard InChI is InChI=1S/C10H13NO2/c12-7-9-10(5-2-6-11-9)13-8-3-1-4-8/h2,5-6,8,12H,1,3-4,7H2. The summed E-state index contributed by atoms with van der Waals surface area (Å²) in [5.74, 6) is 0.731. The van der Waals surface area contributed by atoms with E-state index in [4.69, 9.17) is 9.84 Å². The van der Waals surface area contributed by atoms with Gasteiger partial charge < -0.3 is 9.84 Å². The van der Waals surface area contributed by atoms with Crippen molar-refractivity contribution in [3.8, 4) is 5.75 Å². The van der Waals surface area contributed by atoms with Crippen molar-refractivity contribution in [2.24, 2.45) is 0 Å². The Hall–Kier alpha value is -1.09. The van der Waals surface area contributed by atoms with Gasteiger partial charge in [0.1, 0.15) is 11.4 Å². The third kappa shape index (κ3) is 1.80. The first-order valence-corrected chi connectivity index (χ1v) is 4.61. The van der Waals surface area contributed by atoms with Crippen LogP contribution in [0.2, 0.25) is 0 Å². The lowest BCUT2D eigenvalue weighted by Gasteiger charge is -2.26. The number of pyridine rings is 1. The van der Waals surface area contributed by atoms with Crippen LogP contribution >= 0.6 is 0 Å². The zero-order valence-corrected chi connectivity index (χ0v) is 7.44. The Bertz CT molecular complexity index is 284. The first-order valence-electron chi connectivity index (χ1n) is 4.61. The van der Waals surface area contributed by atoms with Crippen LogP contribution < -0.4 is 4.74 Å². The minimum Gasteiger partial charge on any atom is -0.488 e. The minimum atomic E-state index is -0.0527. The lowest BCUT2D eigenvalue weighted by molar-refractivity contribution is 0.115. The normalized spacial score (nSPS) is 16.7. The van der Waals surface area contributed by atoms with Crippen LogP contribution in [-0.2, 0) is 6.61 Å². The summed E-state index contributed by atoms with van der Waals surface area (Å²) < 4.78 is 5.65. The molecule has 1 saturated carbocycles. The van der Waals surface area contributed by atoms with E-state index in [0.717, 1.165) is 18.6 Å². The molecule has 1 fully saturated rings. The third-order valence-electron chi connectivity index (χ3n) is 2.34. The molecule has 1 aliphatic carbocycles. The number of aromatic nitrogens is 1. The second-order valence-corrected chi connectivity index (χ2v) is 3.28. The molecular formula is C10H13NO2. The molecule has 0 atom stereocenters. The average Bonchev–Trinajstić information content (AvgIpc) is 2.12. The van der Waals surface area contributed by atoms with Crippen molar-refractivity contribution >= 4 is 0 Å². The summed E-state index contributed by atoms with van der Waals surface area (Å²) >= 11 is 0. The molecule has 1 aromatic heterocycles. The molecule has 70 valence electrons. The van der Waals surface area contributed by atoms with Crippen LogP contribution in [0, 0.1) is 0 Å². The Morgan fingerprint density at radius 1 is 1.54 bits per heavy atom. The van der Waals surface area contributed by atoms with Crippen LogP contribution in [0.25, 0.3) is 0 Å². The molecule has 0 unspecified atom stereocenters. The molecule has 2 rings (SSSR count). The molecule has 0 bridgehead atoms. The smallest absolute Gasteiger partial charge is 0.143 e. The SMILES string of the molecule is OCc1ncccc1OC1CCC1. The van der Waals surface area contributed by atoms with E-state index in [2.05, 4.69) is 4.98 Å². The maximum Gasteiger partial charge on any atom is 0.143 e. The van der Waals surface area contributed by atoms with Gasteiger partial charge in [-0.2, -0.15) is 0 Å². The summed E-state index contributed by atoms with van der Waals surface area (Å²) in [4.78, 5) is 4.03. The lowest BCUT2D eigenvalue weighted by Crippen LogP contribution is -2.25. The number of hydrogen-bond donors (Lipinski definition) is 1. The average molecular weight is 179 g/mol. The van der Waals surface area contributed by atoms with E-state index in [1.165, 1.54) is 6.42 Å². The van der Waals surface area contributed by atoms with Gasteiger partial charge in [0, 0.05) is 6.20 Å². The lowest BCUT2D eigenvalue weighted by atomic mass is 9.96. The summed E-state index contributed by atoms with van der Waals surface area (Å²) in [7, 11) is 0. The van der Waals surface area contributed by atoms with Gasteiger partial charge >= 0.3 is 0 Å². The van der Waals surface area contributed by atoms with E-state index in [0.29, 0.717) is 11.8 Å². The predicted molar refractivity (Wildman–Crippen MR) is 48.4 cm³/mol. The second-order valence-electron chi connectivity index (χ2n) is 3.28. The van der Waals surface area contributed by atoms with E-state index >= 15 is 0 Å². The fraction of sp³-hybridized carbons (Fsp3) is 0.500. The molecule has 0 aromatic carbocycles. The highest BCUT2D eigenvalue weighted by atomic mass is 16.5. The molecule has 1 aliphatic rings. The summed E-state index contributed by atoms with van der Waals surface area (Å²) in [6, 6.07) is 3.68. The van der Waals surface area contributed by atoms with E-state index in [9.17, 15) is 0 Å². The molecule has 0 aliphatic heterocycles. The zero-order valence-electron chi connectivity index (χ0n) is 7.44. The Labute approximate surface area is 77.4 Å². The third-order valence-corrected chi connectivity index (χ3v) is 2.34. The first-order chi connectivity index (χ1) is 6.40. The van der Waals surface area contributed by atoms with E-state index in [-0.39, 0.29) is 6.61 Å². The number of hydrogen-bond acceptors (Lipinski definition) is 3. The van der Waals surface area contributed by atoms with Crippen molar-refractivity contribution in [2.75, 3.05) is 0 Å². The van der Waals surface area contributed by atoms with Gasteiger partial charge in [-0.05, 0) is 31.4 Å². The van der Waals surface area contributed by atoms with E-state index in [1.54, 1.807) is 6.20 Å². The first kappa shape index (κ1) is 8.51. The maximum absolute atomic E-state index is 8.98. The molecular weight excluding hydrogens is 166 g/mol. The highest BCUT2D eigenvalue weighted by molar-refractivity contribution is 5.26. The largest absolute Gasteiger partial charge is 0.488 e. The van der Waals surface area contributed by atoms with Gasteiger partial charge in [0.2, 0.25) is 0 Å². The fourth-order valence-corrected chi connectivity index (χ4v) is 1.32. The van der Waals surface area contributed by atoms with Gasteiger partial charge in [-0.25, -0.2) is 0 Å². The van der Waals surface area contributed by atoms with Crippen LogP contribution in [-0.4, -0.2) is 16.2 Å². The fourth-order valence-electron chi connectivity index (χ4n) is 1.32. The highest BCUT2D eigenvalue weighted by Crippen LogP contribution is 2.26. The zero-order chi connectivity index (χ0) is 9.10.